The van der Waals surface area contributed by atoms with Gasteiger partial charge in [0.1, 0.15) is 11.6 Å². The summed E-state index contributed by atoms with van der Waals surface area (Å²) in [6, 6.07) is 5.63. The van der Waals surface area contributed by atoms with Crippen molar-refractivity contribution in [2.45, 2.75) is 32.5 Å². The largest absolute Gasteiger partial charge is 0.496 e. The van der Waals surface area contributed by atoms with Crippen molar-refractivity contribution in [3.8, 4) is 5.75 Å². The third-order valence-electron chi connectivity index (χ3n) is 3.27. The fourth-order valence-electron chi connectivity index (χ4n) is 2.68. The minimum Gasteiger partial charge on any atom is -0.496 e. The highest BCUT2D eigenvalue weighted by Crippen LogP contribution is 2.22. The van der Waals surface area contributed by atoms with Crippen LogP contribution in [0.2, 0.25) is 0 Å². The molecule has 2 unspecified atom stereocenters. The summed E-state index contributed by atoms with van der Waals surface area (Å²) in [7, 11) is 1.62. The number of nitrogens with zero attached hydrogens (tertiary/aromatic N) is 1. The van der Waals surface area contributed by atoms with E-state index < -0.39 is 0 Å². The fourth-order valence-corrected chi connectivity index (χ4v) is 2.68. The van der Waals surface area contributed by atoms with Crippen molar-refractivity contribution in [1.29, 1.82) is 0 Å². The molecule has 0 saturated carbocycles. The summed E-state index contributed by atoms with van der Waals surface area (Å²) in [5, 5.41) is 3.49. The van der Waals surface area contributed by atoms with Crippen molar-refractivity contribution in [2.24, 2.45) is 0 Å². The normalized spacial score (nSPS) is 25.1. The van der Waals surface area contributed by atoms with Gasteiger partial charge in [-0.1, -0.05) is 0 Å². The molecule has 4 heteroatoms. The van der Waals surface area contributed by atoms with Crippen LogP contribution in [0.1, 0.15) is 19.4 Å². The molecule has 0 amide bonds. The van der Waals surface area contributed by atoms with Crippen LogP contribution < -0.4 is 10.1 Å². The Labute approximate surface area is 108 Å². The first-order valence-electron chi connectivity index (χ1n) is 6.39. The van der Waals surface area contributed by atoms with Crippen LogP contribution in [0.5, 0.6) is 5.75 Å². The van der Waals surface area contributed by atoms with E-state index in [1.165, 1.54) is 6.07 Å². The summed E-state index contributed by atoms with van der Waals surface area (Å²) in [4.78, 5) is 2.34. The molecular weight excluding hydrogens is 231 g/mol. The Balaban J connectivity index is 2.10. The molecule has 1 aromatic carbocycles. The number of benzene rings is 1. The number of methoxy groups -OCH3 is 1. The maximum absolute atomic E-state index is 13.3. The van der Waals surface area contributed by atoms with Gasteiger partial charge < -0.3 is 10.1 Å². The second kappa shape index (κ2) is 5.67. The van der Waals surface area contributed by atoms with Crippen LogP contribution in [0.4, 0.5) is 4.39 Å². The number of nitrogens with one attached hydrogen (secondary N) is 1. The first kappa shape index (κ1) is 13.3. The molecule has 0 aliphatic carbocycles. The van der Waals surface area contributed by atoms with E-state index in [9.17, 15) is 4.39 Å². The predicted octanol–water partition coefficient (Wildman–Crippen LogP) is 2.02. The van der Waals surface area contributed by atoms with Gasteiger partial charge >= 0.3 is 0 Å². The van der Waals surface area contributed by atoms with Gasteiger partial charge in [-0.15, -0.1) is 0 Å². The molecule has 0 bridgehead atoms. The highest BCUT2D eigenvalue weighted by Gasteiger charge is 2.21. The molecule has 1 saturated heterocycles. The van der Waals surface area contributed by atoms with Gasteiger partial charge in [-0.05, 0) is 32.0 Å². The SMILES string of the molecule is COc1ccc(F)cc1CN1CC(C)NC(C)C1. The lowest BCUT2D eigenvalue weighted by atomic mass is 10.1. The van der Waals surface area contributed by atoms with E-state index in [0.717, 1.165) is 30.9 Å². The number of ether oxygens (including phenoxy) is 1. The van der Waals surface area contributed by atoms with E-state index in [1.54, 1.807) is 19.2 Å². The third-order valence-corrected chi connectivity index (χ3v) is 3.27. The summed E-state index contributed by atoms with van der Waals surface area (Å²) in [6.45, 7) is 7.03. The van der Waals surface area contributed by atoms with Crippen LogP contribution in [-0.4, -0.2) is 37.2 Å². The van der Waals surface area contributed by atoms with Gasteiger partial charge in [0.15, 0.2) is 0 Å². The number of halogens is 1. The quantitative estimate of drug-likeness (QED) is 0.890. The smallest absolute Gasteiger partial charge is 0.123 e. The zero-order valence-corrected chi connectivity index (χ0v) is 11.2. The molecule has 0 aromatic heterocycles. The van der Waals surface area contributed by atoms with Crippen molar-refractivity contribution < 1.29 is 9.13 Å². The second-order valence-corrected chi connectivity index (χ2v) is 5.12. The third kappa shape index (κ3) is 3.21. The number of hydrogen-bond acceptors (Lipinski definition) is 3. The molecule has 100 valence electrons. The van der Waals surface area contributed by atoms with Gasteiger partial charge in [0.2, 0.25) is 0 Å². The van der Waals surface area contributed by atoms with Crippen molar-refractivity contribution in [2.75, 3.05) is 20.2 Å². The summed E-state index contributed by atoms with van der Waals surface area (Å²) in [6.07, 6.45) is 0. The van der Waals surface area contributed by atoms with Crippen LogP contribution in [-0.2, 0) is 6.54 Å². The monoisotopic (exact) mass is 252 g/mol. The lowest BCUT2D eigenvalue weighted by Gasteiger charge is -2.36. The molecule has 3 nitrogen and oxygen atoms in total. The Kier molecular flexibility index (Phi) is 4.19. The minimum atomic E-state index is -0.206. The van der Waals surface area contributed by atoms with Gasteiger partial charge in [0, 0.05) is 37.3 Å². The average molecular weight is 252 g/mol. The van der Waals surface area contributed by atoms with E-state index in [-0.39, 0.29) is 5.82 Å². The molecule has 0 radical (unpaired) electrons. The summed E-state index contributed by atoms with van der Waals surface area (Å²) in [5.41, 5.74) is 0.916. The minimum absolute atomic E-state index is 0.206. The Hall–Kier alpha value is -1.13. The molecule has 2 atom stereocenters. The molecule has 1 aliphatic heterocycles. The van der Waals surface area contributed by atoms with Crippen LogP contribution in [0, 0.1) is 5.82 Å². The molecule has 1 fully saturated rings. The first-order valence-corrected chi connectivity index (χ1v) is 6.39. The van der Waals surface area contributed by atoms with Crippen LogP contribution in [0.3, 0.4) is 0 Å². The Morgan fingerprint density at radius 1 is 1.33 bits per heavy atom. The van der Waals surface area contributed by atoms with Crippen LogP contribution in [0.25, 0.3) is 0 Å². The highest BCUT2D eigenvalue weighted by atomic mass is 19.1. The van der Waals surface area contributed by atoms with Gasteiger partial charge in [-0.3, -0.25) is 4.90 Å². The maximum atomic E-state index is 13.3. The Bertz CT molecular complexity index is 401. The maximum Gasteiger partial charge on any atom is 0.123 e. The molecule has 18 heavy (non-hydrogen) atoms. The summed E-state index contributed by atoms with van der Waals surface area (Å²) < 4.78 is 18.6. The van der Waals surface area contributed by atoms with Crippen molar-refractivity contribution >= 4 is 0 Å². The fraction of sp³-hybridized carbons (Fsp3) is 0.571. The Morgan fingerprint density at radius 2 is 2.00 bits per heavy atom. The van der Waals surface area contributed by atoms with E-state index in [0.29, 0.717) is 12.1 Å². The molecule has 0 spiro atoms. The van der Waals surface area contributed by atoms with Gasteiger partial charge in [0.05, 0.1) is 7.11 Å². The van der Waals surface area contributed by atoms with Crippen LogP contribution in [0.15, 0.2) is 18.2 Å². The number of hydrogen-bond donors (Lipinski definition) is 1. The van der Waals surface area contributed by atoms with Gasteiger partial charge in [-0.25, -0.2) is 4.39 Å². The standard InChI is InChI=1S/C14H21FN2O/c1-10-7-17(8-11(2)16-10)9-12-6-13(15)4-5-14(12)18-3/h4-6,10-11,16H,7-9H2,1-3H3. The molecular formula is C14H21FN2O. The van der Waals surface area contributed by atoms with Crippen molar-refractivity contribution in [3.63, 3.8) is 0 Å². The van der Waals surface area contributed by atoms with Crippen LogP contribution >= 0.6 is 0 Å². The lowest BCUT2D eigenvalue weighted by Crippen LogP contribution is -2.53. The molecule has 2 rings (SSSR count). The zero-order chi connectivity index (χ0) is 13.1. The predicted molar refractivity (Wildman–Crippen MR) is 70.3 cm³/mol. The van der Waals surface area contributed by atoms with Gasteiger partial charge in [-0.2, -0.15) is 0 Å². The zero-order valence-electron chi connectivity index (χ0n) is 11.2. The van der Waals surface area contributed by atoms with E-state index in [4.69, 9.17) is 4.74 Å². The van der Waals surface area contributed by atoms with Crippen molar-refractivity contribution in [1.82, 2.24) is 10.2 Å². The first-order chi connectivity index (χ1) is 8.58. The lowest BCUT2D eigenvalue weighted by molar-refractivity contribution is 0.165. The average Bonchev–Trinajstić information content (AvgIpc) is 2.27. The molecule has 1 heterocycles. The molecule has 1 aromatic rings. The van der Waals surface area contributed by atoms with E-state index >= 15 is 0 Å². The van der Waals surface area contributed by atoms with Crippen molar-refractivity contribution in [3.05, 3.63) is 29.6 Å². The number of piperazine rings is 1. The van der Waals surface area contributed by atoms with E-state index in [2.05, 4.69) is 24.1 Å². The second-order valence-electron chi connectivity index (χ2n) is 5.12. The highest BCUT2D eigenvalue weighted by molar-refractivity contribution is 5.33. The topological polar surface area (TPSA) is 24.5 Å². The molecule has 1 N–H and O–H groups in total. The van der Waals surface area contributed by atoms with E-state index in [1.807, 2.05) is 0 Å². The summed E-state index contributed by atoms with van der Waals surface area (Å²) >= 11 is 0. The number of rotatable bonds is 3. The Morgan fingerprint density at radius 3 is 2.61 bits per heavy atom. The van der Waals surface area contributed by atoms with Gasteiger partial charge in [0.25, 0.3) is 0 Å². The molecule has 1 aliphatic rings. The summed E-state index contributed by atoms with van der Waals surface area (Å²) in [5.74, 6) is 0.553.